The smallest absolute Gasteiger partial charge is 0.328 e. The minimum absolute atomic E-state index is 0.0971. The van der Waals surface area contributed by atoms with Crippen molar-refractivity contribution < 1.29 is 43.5 Å². The van der Waals surface area contributed by atoms with E-state index < -0.39 is 57.0 Å². The van der Waals surface area contributed by atoms with Crippen LogP contribution in [0.3, 0.4) is 0 Å². The topological polar surface area (TPSA) is 274 Å². The fourth-order valence-electron chi connectivity index (χ4n) is 4.53. The molecule has 8 N–H and O–H groups in total. The van der Waals surface area contributed by atoms with Crippen LogP contribution in [0.2, 0.25) is 0 Å². The Morgan fingerprint density at radius 1 is 0.769 bits per heavy atom. The van der Waals surface area contributed by atoms with Gasteiger partial charge in [-0.15, -0.1) is 0 Å². The molecule has 0 bridgehead atoms. The monoisotopic (exact) mass is 566 g/mol. The van der Waals surface area contributed by atoms with Crippen LogP contribution in [0.25, 0.3) is 22.3 Å². The van der Waals surface area contributed by atoms with Crippen LogP contribution >= 0.6 is 7.60 Å². The van der Waals surface area contributed by atoms with Crippen LogP contribution in [0.4, 0.5) is 11.6 Å². The summed E-state index contributed by atoms with van der Waals surface area (Å²) >= 11 is 0. The number of hydrogen-bond acceptors (Lipinski definition) is 17. The van der Waals surface area contributed by atoms with Crippen molar-refractivity contribution >= 4 is 41.6 Å². The van der Waals surface area contributed by atoms with E-state index in [0.29, 0.717) is 0 Å². The largest absolute Gasteiger partial charge is 0.385 e. The quantitative estimate of drug-likeness (QED) is 0.136. The predicted octanol–water partition coefficient (Wildman–Crippen LogP) is -2.16. The number of anilines is 2. The molecular weight excluding hydrogens is 543 g/mol. The van der Waals surface area contributed by atoms with Crippen molar-refractivity contribution in [3.63, 3.8) is 0 Å². The minimum Gasteiger partial charge on any atom is -0.385 e. The van der Waals surface area contributed by atoms with Gasteiger partial charge in [0.05, 0.1) is 12.7 Å². The SMILES string of the molecule is CP(=O)(O[C@@H]1C(O)O[C@H](n2cnc3c(N)ncnc32)[C@H]1O)O[C@H]1C(O)O[C@@H](n2cnc3c(N)ncnc32)[C@@H]1O. The molecule has 9 atom stereocenters. The molecule has 19 nitrogen and oxygen atoms in total. The summed E-state index contributed by atoms with van der Waals surface area (Å²) in [5.74, 6) is 0.194. The van der Waals surface area contributed by atoms with E-state index in [1.165, 1.54) is 34.4 Å². The van der Waals surface area contributed by atoms with Crippen molar-refractivity contribution in [1.29, 1.82) is 0 Å². The second kappa shape index (κ2) is 9.37. The van der Waals surface area contributed by atoms with Gasteiger partial charge in [0.2, 0.25) is 0 Å². The molecule has 6 heterocycles. The van der Waals surface area contributed by atoms with Crippen LogP contribution < -0.4 is 11.5 Å². The second-order valence-corrected chi connectivity index (χ2v) is 10.9. The molecule has 3 unspecified atom stereocenters. The zero-order valence-electron chi connectivity index (χ0n) is 19.9. The summed E-state index contributed by atoms with van der Waals surface area (Å²) in [5.41, 5.74) is 12.5. The lowest BCUT2D eigenvalue weighted by Gasteiger charge is -2.26. The van der Waals surface area contributed by atoms with Gasteiger partial charge < -0.3 is 41.4 Å². The Balaban J connectivity index is 1.18. The molecule has 2 fully saturated rings. The number of rotatable bonds is 6. The first kappa shape index (κ1) is 25.9. The van der Waals surface area contributed by atoms with E-state index in [2.05, 4.69) is 29.9 Å². The van der Waals surface area contributed by atoms with Gasteiger partial charge in [-0.25, -0.2) is 29.9 Å². The molecule has 39 heavy (non-hydrogen) atoms. The number of nitrogens with zero attached hydrogens (tertiary/aromatic N) is 8. The van der Waals surface area contributed by atoms with Gasteiger partial charge in [-0.2, -0.15) is 0 Å². The third kappa shape index (κ3) is 4.29. The molecule has 2 aliphatic rings. The van der Waals surface area contributed by atoms with Crippen molar-refractivity contribution in [3.8, 4) is 0 Å². The van der Waals surface area contributed by atoms with Gasteiger partial charge >= 0.3 is 7.60 Å². The van der Waals surface area contributed by atoms with Crippen molar-refractivity contribution in [2.75, 3.05) is 18.1 Å². The lowest BCUT2D eigenvalue weighted by Crippen LogP contribution is -2.36. The zero-order chi connectivity index (χ0) is 27.6. The summed E-state index contributed by atoms with van der Waals surface area (Å²) in [5, 5.41) is 42.6. The number of aromatic nitrogens is 8. The summed E-state index contributed by atoms with van der Waals surface area (Å²) in [6.07, 6.45) is -7.32. The molecule has 4 aromatic rings. The molecule has 0 amide bonds. The highest BCUT2D eigenvalue weighted by Gasteiger charge is 2.51. The van der Waals surface area contributed by atoms with Gasteiger partial charge in [-0.1, -0.05) is 0 Å². The van der Waals surface area contributed by atoms with Crippen LogP contribution in [0, 0.1) is 0 Å². The fourth-order valence-corrected chi connectivity index (χ4v) is 5.92. The maximum atomic E-state index is 13.3. The Labute approximate surface area is 217 Å². The summed E-state index contributed by atoms with van der Waals surface area (Å²) in [7, 11) is -4.20. The fraction of sp³-hybridized carbons (Fsp3) is 0.474. The molecule has 20 heteroatoms. The van der Waals surface area contributed by atoms with Crippen molar-refractivity contribution in [3.05, 3.63) is 25.3 Å². The van der Waals surface area contributed by atoms with Crippen LogP contribution in [-0.4, -0.2) is 103 Å². The molecule has 0 saturated carbocycles. The van der Waals surface area contributed by atoms with Crippen molar-refractivity contribution in [1.82, 2.24) is 39.0 Å². The van der Waals surface area contributed by atoms with E-state index in [9.17, 15) is 25.0 Å². The third-order valence-corrected chi connectivity index (χ3v) is 7.58. The normalized spacial score (nSPS) is 32.7. The molecule has 2 saturated heterocycles. The average Bonchev–Trinajstić information content (AvgIpc) is 3.63. The molecular formula is C19H23N10O9P. The van der Waals surface area contributed by atoms with Gasteiger partial charge in [-0.05, 0) is 0 Å². The maximum Gasteiger partial charge on any atom is 0.328 e. The van der Waals surface area contributed by atoms with E-state index in [1.807, 2.05) is 0 Å². The van der Waals surface area contributed by atoms with E-state index in [-0.39, 0.29) is 34.0 Å². The Kier molecular flexibility index (Phi) is 6.21. The number of ether oxygens (including phenoxy) is 2. The Morgan fingerprint density at radius 3 is 1.59 bits per heavy atom. The van der Waals surface area contributed by atoms with Crippen LogP contribution in [0.15, 0.2) is 25.3 Å². The summed E-state index contributed by atoms with van der Waals surface area (Å²) < 4.78 is 37.6. The Morgan fingerprint density at radius 2 is 1.18 bits per heavy atom. The Bertz CT molecular complexity index is 1470. The molecule has 4 aromatic heterocycles. The average molecular weight is 566 g/mol. The van der Waals surface area contributed by atoms with E-state index >= 15 is 0 Å². The van der Waals surface area contributed by atoms with Gasteiger partial charge in [0.25, 0.3) is 0 Å². The number of hydrogen-bond donors (Lipinski definition) is 6. The molecule has 208 valence electrons. The summed E-state index contributed by atoms with van der Waals surface area (Å²) in [4.78, 5) is 24.0. The summed E-state index contributed by atoms with van der Waals surface area (Å²) in [6.45, 7) is 1.04. The molecule has 6 rings (SSSR count). The lowest BCUT2D eigenvalue weighted by atomic mass is 10.2. The van der Waals surface area contributed by atoms with Gasteiger partial charge in [0.15, 0.2) is 48.0 Å². The van der Waals surface area contributed by atoms with Gasteiger partial charge in [0, 0.05) is 6.66 Å². The summed E-state index contributed by atoms with van der Waals surface area (Å²) in [6, 6.07) is 0. The highest BCUT2D eigenvalue weighted by molar-refractivity contribution is 7.53. The van der Waals surface area contributed by atoms with Gasteiger partial charge in [0.1, 0.15) is 48.1 Å². The highest BCUT2D eigenvalue weighted by atomic mass is 31.2. The number of aliphatic hydroxyl groups is 4. The minimum atomic E-state index is -4.20. The number of nitrogens with two attached hydrogens (primary N) is 2. The Hall–Kier alpha value is -3.39. The number of aliphatic hydroxyl groups excluding tert-OH is 4. The standard InChI is InChI=1S/C19H23N10O9P/c1-39(34,37-10-8(30)16(35-18(10)32)28-4-26-6-12(20)22-2-24-14(6)28)38-11-9(31)17(36-19(11)33)29-5-27-7-13(21)23-3-25-15(7)29/h2-5,8-11,16-19,30-33H,1H3,(H2,20,22,24)(H2,21,23,25)/t8-,9+,10-,11+,16-,17+,18?,19?,39?. The van der Waals surface area contributed by atoms with E-state index in [0.717, 1.165) is 6.66 Å². The highest BCUT2D eigenvalue weighted by Crippen LogP contribution is 2.52. The first-order chi connectivity index (χ1) is 18.6. The molecule has 0 spiro atoms. The lowest BCUT2D eigenvalue weighted by molar-refractivity contribution is -0.145. The zero-order valence-corrected chi connectivity index (χ0v) is 20.8. The van der Waals surface area contributed by atoms with E-state index in [1.54, 1.807) is 0 Å². The van der Waals surface area contributed by atoms with Crippen LogP contribution in [0.1, 0.15) is 12.5 Å². The first-order valence-corrected chi connectivity index (χ1v) is 13.4. The molecule has 0 aromatic carbocycles. The van der Waals surface area contributed by atoms with Crippen LogP contribution in [0.5, 0.6) is 0 Å². The number of fused-ring (bicyclic) bond motifs is 2. The number of imidazole rings is 2. The predicted molar refractivity (Wildman–Crippen MR) is 127 cm³/mol. The van der Waals surface area contributed by atoms with E-state index in [4.69, 9.17) is 30.0 Å². The second-order valence-electron chi connectivity index (χ2n) is 8.89. The third-order valence-electron chi connectivity index (χ3n) is 6.33. The molecule has 0 aliphatic carbocycles. The van der Waals surface area contributed by atoms with Crippen LogP contribution in [-0.2, 0) is 23.1 Å². The van der Waals surface area contributed by atoms with Crippen molar-refractivity contribution in [2.45, 2.75) is 49.5 Å². The van der Waals surface area contributed by atoms with Crippen molar-refractivity contribution in [2.24, 2.45) is 0 Å². The van der Waals surface area contributed by atoms with Gasteiger partial charge in [-0.3, -0.25) is 22.7 Å². The first-order valence-electron chi connectivity index (χ1n) is 11.4. The molecule has 2 aliphatic heterocycles. The maximum absolute atomic E-state index is 13.3. The molecule has 0 radical (unpaired) electrons. The number of nitrogen functional groups attached to an aromatic ring is 2.